The molecule has 0 unspecified atom stereocenters. The van der Waals surface area contributed by atoms with E-state index in [9.17, 15) is 9.59 Å². The van der Waals surface area contributed by atoms with E-state index in [-0.39, 0.29) is 18.0 Å². The van der Waals surface area contributed by atoms with Crippen LogP contribution in [-0.2, 0) is 9.53 Å². The summed E-state index contributed by atoms with van der Waals surface area (Å²) in [6, 6.07) is 7.33. The smallest absolute Gasteiger partial charge is 0.321 e. The zero-order chi connectivity index (χ0) is 16.2. The van der Waals surface area contributed by atoms with Crippen LogP contribution in [0.5, 0.6) is 0 Å². The molecule has 124 valence electrons. The summed E-state index contributed by atoms with van der Waals surface area (Å²) in [6.45, 7) is 2.88. The summed E-state index contributed by atoms with van der Waals surface area (Å²) in [4.78, 5) is 28.1. The number of carbonyl (C=O) groups is 2. The Morgan fingerprint density at radius 2 is 1.74 bits per heavy atom. The van der Waals surface area contributed by atoms with Crippen LogP contribution in [0.2, 0.25) is 0 Å². The highest BCUT2D eigenvalue weighted by atomic mass is 79.9. The molecule has 0 radical (unpaired) electrons. The van der Waals surface area contributed by atoms with Crippen LogP contribution >= 0.6 is 15.9 Å². The van der Waals surface area contributed by atoms with Crippen molar-refractivity contribution in [3.8, 4) is 0 Å². The van der Waals surface area contributed by atoms with Gasteiger partial charge in [0.15, 0.2) is 0 Å². The van der Waals surface area contributed by atoms with Gasteiger partial charge in [0.25, 0.3) is 5.91 Å². The third-order valence-electron chi connectivity index (χ3n) is 4.18. The van der Waals surface area contributed by atoms with Gasteiger partial charge >= 0.3 is 6.03 Å². The molecule has 0 aliphatic carbocycles. The summed E-state index contributed by atoms with van der Waals surface area (Å²) in [6.07, 6.45) is 1.48. The molecule has 3 amide bonds. The van der Waals surface area contributed by atoms with Gasteiger partial charge in [0.2, 0.25) is 0 Å². The van der Waals surface area contributed by atoms with Crippen molar-refractivity contribution in [1.29, 1.82) is 0 Å². The van der Waals surface area contributed by atoms with Crippen LogP contribution in [-0.4, -0.2) is 60.6 Å². The van der Waals surface area contributed by atoms with Gasteiger partial charge in [-0.3, -0.25) is 4.79 Å². The maximum atomic E-state index is 12.3. The molecule has 2 saturated heterocycles. The zero-order valence-corrected chi connectivity index (χ0v) is 14.4. The highest BCUT2D eigenvalue weighted by Crippen LogP contribution is 2.17. The number of benzene rings is 1. The minimum atomic E-state index is -0.279. The predicted molar refractivity (Wildman–Crippen MR) is 90.3 cm³/mol. The average Bonchev–Trinajstić information content (AvgIpc) is 3.11. The Hall–Kier alpha value is -1.60. The molecule has 2 aliphatic heterocycles. The predicted octanol–water partition coefficient (Wildman–Crippen LogP) is 2.30. The summed E-state index contributed by atoms with van der Waals surface area (Å²) in [7, 11) is 0. The summed E-state index contributed by atoms with van der Waals surface area (Å²) >= 11 is 3.37. The number of hydrogen-bond acceptors (Lipinski definition) is 3. The van der Waals surface area contributed by atoms with Crippen molar-refractivity contribution in [2.45, 2.75) is 18.9 Å². The largest absolute Gasteiger partial charge is 0.368 e. The molecule has 3 rings (SSSR count). The monoisotopic (exact) mass is 381 g/mol. The molecule has 7 heteroatoms. The first-order valence-corrected chi connectivity index (χ1v) is 8.65. The van der Waals surface area contributed by atoms with Crippen LogP contribution in [0.25, 0.3) is 0 Å². The number of ether oxygens (including phenoxy) is 1. The lowest BCUT2D eigenvalue weighted by Gasteiger charge is -2.35. The molecular weight excluding hydrogens is 362 g/mol. The second-order valence-corrected chi connectivity index (χ2v) is 6.67. The first-order chi connectivity index (χ1) is 11.1. The second-order valence-electron chi connectivity index (χ2n) is 5.75. The van der Waals surface area contributed by atoms with Crippen molar-refractivity contribution in [2.75, 3.05) is 38.1 Å². The van der Waals surface area contributed by atoms with Crippen LogP contribution in [0.1, 0.15) is 12.8 Å². The van der Waals surface area contributed by atoms with Gasteiger partial charge in [-0.2, -0.15) is 0 Å². The van der Waals surface area contributed by atoms with Crippen LogP contribution in [0.15, 0.2) is 28.7 Å². The van der Waals surface area contributed by atoms with Crippen LogP contribution in [0, 0.1) is 0 Å². The molecule has 2 heterocycles. The first kappa shape index (κ1) is 16.3. The Kier molecular flexibility index (Phi) is 5.17. The number of piperazine rings is 1. The molecule has 0 saturated carbocycles. The van der Waals surface area contributed by atoms with E-state index in [0.29, 0.717) is 32.8 Å². The number of nitrogens with one attached hydrogen (secondary N) is 1. The summed E-state index contributed by atoms with van der Waals surface area (Å²) in [5, 5.41) is 2.88. The topological polar surface area (TPSA) is 61.9 Å². The van der Waals surface area contributed by atoms with Crippen LogP contribution < -0.4 is 5.32 Å². The fourth-order valence-electron chi connectivity index (χ4n) is 2.84. The lowest BCUT2D eigenvalue weighted by atomic mass is 10.2. The van der Waals surface area contributed by atoms with Crippen molar-refractivity contribution >= 4 is 33.6 Å². The Balaban J connectivity index is 1.49. The number of anilines is 1. The summed E-state index contributed by atoms with van der Waals surface area (Å²) < 4.78 is 6.41. The maximum absolute atomic E-state index is 12.3. The van der Waals surface area contributed by atoms with E-state index in [0.717, 1.165) is 23.0 Å². The molecule has 0 aromatic heterocycles. The van der Waals surface area contributed by atoms with Gasteiger partial charge in [0.1, 0.15) is 6.10 Å². The Bertz CT molecular complexity index is 564. The van der Waals surface area contributed by atoms with Gasteiger partial charge < -0.3 is 19.9 Å². The summed E-state index contributed by atoms with van der Waals surface area (Å²) in [5.74, 6) is 0.0652. The minimum absolute atomic E-state index is 0.0652. The highest BCUT2D eigenvalue weighted by molar-refractivity contribution is 9.10. The van der Waals surface area contributed by atoms with Crippen LogP contribution in [0.3, 0.4) is 0 Å². The zero-order valence-electron chi connectivity index (χ0n) is 12.8. The molecule has 2 aliphatic rings. The third-order valence-corrected chi connectivity index (χ3v) is 4.71. The van der Waals surface area contributed by atoms with Gasteiger partial charge in [0.05, 0.1) is 0 Å². The average molecular weight is 382 g/mol. The molecule has 2 fully saturated rings. The standard InChI is InChI=1S/C16H20BrN3O3/c17-12-3-5-13(6-4-12)18-16(22)20-9-7-19(8-10-20)15(21)14-2-1-11-23-14/h3-6,14H,1-2,7-11H2,(H,18,22)/t14-/m1/s1. The van der Waals surface area contributed by atoms with Gasteiger partial charge in [-0.1, -0.05) is 15.9 Å². The lowest BCUT2D eigenvalue weighted by molar-refractivity contribution is -0.142. The molecule has 6 nitrogen and oxygen atoms in total. The molecule has 0 bridgehead atoms. The number of halogens is 1. The fourth-order valence-corrected chi connectivity index (χ4v) is 3.11. The third kappa shape index (κ3) is 4.03. The Morgan fingerprint density at radius 3 is 2.35 bits per heavy atom. The molecular formula is C16H20BrN3O3. The van der Waals surface area contributed by atoms with Gasteiger partial charge in [-0.15, -0.1) is 0 Å². The molecule has 1 aromatic carbocycles. The maximum Gasteiger partial charge on any atom is 0.321 e. The second kappa shape index (κ2) is 7.31. The molecule has 1 atom stereocenters. The molecule has 1 aromatic rings. The number of hydrogen-bond donors (Lipinski definition) is 1. The van der Waals surface area contributed by atoms with Gasteiger partial charge in [0, 0.05) is 42.9 Å². The normalized spacial score (nSPS) is 21.3. The lowest BCUT2D eigenvalue weighted by Crippen LogP contribution is -2.53. The van der Waals surface area contributed by atoms with Gasteiger partial charge in [-0.25, -0.2) is 4.79 Å². The van der Waals surface area contributed by atoms with E-state index in [1.165, 1.54) is 0 Å². The number of rotatable bonds is 2. The SMILES string of the molecule is O=C(Nc1ccc(Br)cc1)N1CCN(C(=O)[C@H]2CCCO2)CC1. The van der Waals surface area contributed by atoms with Crippen molar-refractivity contribution < 1.29 is 14.3 Å². The summed E-state index contributed by atoms with van der Waals surface area (Å²) in [5.41, 5.74) is 0.760. The van der Waals surface area contributed by atoms with Gasteiger partial charge in [-0.05, 0) is 37.1 Å². The van der Waals surface area contributed by atoms with E-state index in [1.807, 2.05) is 24.3 Å². The number of urea groups is 1. The van der Waals surface area contributed by atoms with E-state index in [2.05, 4.69) is 21.2 Å². The first-order valence-electron chi connectivity index (χ1n) is 7.85. The van der Waals surface area contributed by atoms with E-state index >= 15 is 0 Å². The van der Waals surface area contributed by atoms with E-state index in [4.69, 9.17) is 4.74 Å². The molecule has 0 spiro atoms. The van der Waals surface area contributed by atoms with Crippen molar-refractivity contribution in [3.05, 3.63) is 28.7 Å². The van der Waals surface area contributed by atoms with E-state index < -0.39 is 0 Å². The minimum Gasteiger partial charge on any atom is -0.368 e. The quantitative estimate of drug-likeness (QED) is 0.854. The van der Waals surface area contributed by atoms with Crippen LogP contribution in [0.4, 0.5) is 10.5 Å². The Labute approximate surface area is 143 Å². The fraction of sp³-hybridized carbons (Fsp3) is 0.500. The highest BCUT2D eigenvalue weighted by Gasteiger charge is 2.31. The number of nitrogens with zero attached hydrogens (tertiary/aromatic N) is 2. The van der Waals surface area contributed by atoms with E-state index in [1.54, 1.807) is 9.80 Å². The molecule has 1 N–H and O–H groups in total. The number of amides is 3. The molecule has 23 heavy (non-hydrogen) atoms. The van der Waals surface area contributed by atoms with Crippen molar-refractivity contribution in [1.82, 2.24) is 9.80 Å². The van der Waals surface area contributed by atoms with Crippen molar-refractivity contribution in [3.63, 3.8) is 0 Å². The Morgan fingerprint density at radius 1 is 1.09 bits per heavy atom. The van der Waals surface area contributed by atoms with Crippen molar-refractivity contribution in [2.24, 2.45) is 0 Å². The number of carbonyl (C=O) groups excluding carboxylic acids is 2.